The molecule has 6 heteroatoms. The first-order chi connectivity index (χ1) is 14.3. The number of aryl methyl sites for hydroxylation is 1. The van der Waals surface area contributed by atoms with Crippen molar-refractivity contribution in [3.05, 3.63) is 107 Å². The van der Waals surface area contributed by atoms with Crippen molar-refractivity contribution in [2.45, 2.75) is 23.8 Å². The third-order valence-corrected chi connectivity index (χ3v) is 7.39. The highest BCUT2D eigenvalue weighted by Gasteiger charge is 2.47. The van der Waals surface area contributed by atoms with Crippen LogP contribution in [0.2, 0.25) is 5.02 Å². The first-order valence-corrected chi connectivity index (χ1v) is 11.3. The summed E-state index contributed by atoms with van der Waals surface area (Å²) in [6.45, 7) is 5.77. The summed E-state index contributed by atoms with van der Waals surface area (Å²) in [5.41, 5.74) is 2.50. The van der Waals surface area contributed by atoms with E-state index in [1.165, 1.54) is 4.31 Å². The molecule has 0 radical (unpaired) electrons. The number of benzene rings is 3. The molecular weight excluding hydrogens is 418 g/mol. The highest BCUT2D eigenvalue weighted by Crippen LogP contribution is 2.46. The molecule has 3 aromatic rings. The molecule has 0 saturated carbocycles. The van der Waals surface area contributed by atoms with Crippen LogP contribution < -0.4 is 4.31 Å². The minimum Gasteiger partial charge on any atom is -0.292 e. The number of nitrogens with zero attached hydrogens (tertiary/aromatic N) is 1. The standard InChI is InChI=1S/C24H20ClNO3S/c1-3-20-21-14-11-18(25)15-22(21)26(23(20)24(27)17-7-5-4-6-8-17)30(28,29)19-12-9-16(2)10-13-19/h3-15,20,23H,1H2,2H3. The number of carbonyl (C=O) groups is 1. The predicted molar refractivity (Wildman–Crippen MR) is 120 cm³/mol. The normalized spacial score (nSPS) is 18.1. The lowest BCUT2D eigenvalue weighted by Gasteiger charge is -2.28. The Balaban J connectivity index is 1.94. The van der Waals surface area contributed by atoms with Gasteiger partial charge in [-0.2, -0.15) is 0 Å². The van der Waals surface area contributed by atoms with E-state index in [1.54, 1.807) is 72.8 Å². The summed E-state index contributed by atoms with van der Waals surface area (Å²) in [6.07, 6.45) is 1.63. The highest BCUT2D eigenvalue weighted by atomic mass is 35.5. The molecule has 1 aliphatic rings. The van der Waals surface area contributed by atoms with Crippen LogP contribution in [-0.2, 0) is 10.0 Å². The van der Waals surface area contributed by atoms with Gasteiger partial charge in [0.05, 0.1) is 10.6 Å². The quantitative estimate of drug-likeness (QED) is 0.398. The molecule has 2 unspecified atom stereocenters. The van der Waals surface area contributed by atoms with Crippen LogP contribution in [-0.4, -0.2) is 20.2 Å². The van der Waals surface area contributed by atoms with Gasteiger partial charge in [0.2, 0.25) is 0 Å². The van der Waals surface area contributed by atoms with Crippen LogP contribution in [0.5, 0.6) is 0 Å². The van der Waals surface area contributed by atoms with E-state index in [0.29, 0.717) is 21.8 Å². The van der Waals surface area contributed by atoms with Gasteiger partial charge >= 0.3 is 0 Å². The summed E-state index contributed by atoms with van der Waals surface area (Å²) in [5, 5.41) is 0.397. The summed E-state index contributed by atoms with van der Waals surface area (Å²) in [4.78, 5) is 13.6. The predicted octanol–water partition coefficient (Wildman–Crippen LogP) is 5.38. The summed E-state index contributed by atoms with van der Waals surface area (Å²) < 4.78 is 28.7. The van der Waals surface area contributed by atoms with Gasteiger partial charge in [0.15, 0.2) is 5.78 Å². The molecule has 0 saturated heterocycles. The van der Waals surface area contributed by atoms with Crippen molar-refractivity contribution in [3.8, 4) is 0 Å². The van der Waals surface area contributed by atoms with Crippen molar-refractivity contribution in [1.82, 2.24) is 0 Å². The van der Waals surface area contributed by atoms with Crippen LogP contribution in [0.3, 0.4) is 0 Å². The molecule has 0 aromatic heterocycles. The van der Waals surface area contributed by atoms with Gasteiger partial charge in [0.25, 0.3) is 10.0 Å². The lowest BCUT2D eigenvalue weighted by Crippen LogP contribution is -2.44. The Labute approximate surface area is 181 Å². The maximum atomic E-state index is 13.7. The molecule has 0 N–H and O–H groups in total. The minimum atomic E-state index is -4.02. The smallest absolute Gasteiger partial charge is 0.265 e. The third-order valence-electron chi connectivity index (χ3n) is 5.34. The Hall–Kier alpha value is -2.89. The number of halogens is 1. The highest BCUT2D eigenvalue weighted by molar-refractivity contribution is 7.93. The fourth-order valence-electron chi connectivity index (χ4n) is 3.86. The zero-order chi connectivity index (χ0) is 21.5. The lowest BCUT2D eigenvalue weighted by molar-refractivity contribution is 0.0961. The van der Waals surface area contributed by atoms with Crippen LogP contribution in [0, 0.1) is 6.92 Å². The maximum absolute atomic E-state index is 13.7. The van der Waals surface area contributed by atoms with E-state index in [9.17, 15) is 13.2 Å². The van der Waals surface area contributed by atoms with Gasteiger partial charge in [-0.15, -0.1) is 6.58 Å². The van der Waals surface area contributed by atoms with Gasteiger partial charge in [0.1, 0.15) is 6.04 Å². The second kappa shape index (κ2) is 7.74. The summed E-state index contributed by atoms with van der Waals surface area (Å²) >= 11 is 6.21. The Morgan fingerprint density at radius 3 is 2.33 bits per heavy atom. The Morgan fingerprint density at radius 1 is 1.03 bits per heavy atom. The Bertz CT molecular complexity index is 1220. The monoisotopic (exact) mass is 437 g/mol. The van der Waals surface area contributed by atoms with Gasteiger partial charge in [-0.05, 0) is 36.8 Å². The molecular formula is C24H20ClNO3S. The Morgan fingerprint density at radius 2 is 1.70 bits per heavy atom. The van der Waals surface area contributed by atoms with E-state index < -0.39 is 22.0 Å². The SMILES string of the molecule is C=CC1c2ccc(Cl)cc2N(S(=O)(=O)c2ccc(C)cc2)C1C(=O)c1ccccc1. The number of hydrogen-bond donors (Lipinski definition) is 0. The van der Waals surface area contributed by atoms with Crippen LogP contribution in [0.25, 0.3) is 0 Å². The van der Waals surface area contributed by atoms with Gasteiger partial charge < -0.3 is 0 Å². The number of rotatable bonds is 5. The number of sulfonamides is 1. The molecule has 0 aliphatic carbocycles. The fraction of sp³-hybridized carbons (Fsp3) is 0.125. The van der Waals surface area contributed by atoms with Crippen molar-refractivity contribution in [2.24, 2.45) is 0 Å². The van der Waals surface area contributed by atoms with Crippen molar-refractivity contribution < 1.29 is 13.2 Å². The first kappa shape index (κ1) is 20.4. The number of Topliss-reactive ketones (excluding diaryl/α,β-unsaturated/α-hetero) is 1. The molecule has 3 aromatic carbocycles. The molecule has 0 spiro atoms. The fourth-order valence-corrected chi connectivity index (χ4v) is 5.67. The van der Waals surface area contributed by atoms with Crippen LogP contribution in [0.1, 0.15) is 27.4 Å². The second-order valence-corrected chi connectivity index (χ2v) is 9.51. The molecule has 2 atom stereocenters. The zero-order valence-electron chi connectivity index (χ0n) is 16.3. The van der Waals surface area contributed by atoms with E-state index in [-0.39, 0.29) is 10.7 Å². The second-order valence-electron chi connectivity index (χ2n) is 7.25. The van der Waals surface area contributed by atoms with Crippen molar-refractivity contribution >= 4 is 33.1 Å². The van der Waals surface area contributed by atoms with Crippen LogP contribution >= 0.6 is 11.6 Å². The Kier molecular flexibility index (Phi) is 5.26. The van der Waals surface area contributed by atoms with Crippen LogP contribution in [0.4, 0.5) is 5.69 Å². The van der Waals surface area contributed by atoms with E-state index >= 15 is 0 Å². The van der Waals surface area contributed by atoms with E-state index in [2.05, 4.69) is 6.58 Å². The third kappa shape index (κ3) is 3.34. The lowest BCUT2D eigenvalue weighted by atomic mass is 9.90. The van der Waals surface area contributed by atoms with E-state index in [0.717, 1.165) is 5.56 Å². The van der Waals surface area contributed by atoms with E-state index in [1.807, 2.05) is 13.0 Å². The average molecular weight is 438 g/mol. The van der Waals surface area contributed by atoms with Crippen LogP contribution in [0.15, 0.2) is 90.3 Å². The molecule has 4 rings (SSSR count). The molecule has 1 heterocycles. The number of ketones is 1. The topological polar surface area (TPSA) is 54.5 Å². The summed E-state index contributed by atoms with van der Waals surface area (Å²) in [5.74, 6) is -0.784. The molecule has 0 bridgehead atoms. The van der Waals surface area contributed by atoms with E-state index in [4.69, 9.17) is 11.6 Å². The average Bonchev–Trinajstić information content (AvgIpc) is 3.08. The molecule has 0 amide bonds. The van der Waals surface area contributed by atoms with Gasteiger partial charge in [-0.3, -0.25) is 9.10 Å². The molecule has 4 nitrogen and oxygen atoms in total. The van der Waals surface area contributed by atoms with Crippen molar-refractivity contribution in [1.29, 1.82) is 0 Å². The number of anilines is 1. The molecule has 152 valence electrons. The zero-order valence-corrected chi connectivity index (χ0v) is 17.9. The first-order valence-electron chi connectivity index (χ1n) is 9.47. The number of carbonyl (C=O) groups excluding carboxylic acids is 1. The largest absolute Gasteiger partial charge is 0.292 e. The number of fused-ring (bicyclic) bond motifs is 1. The van der Waals surface area contributed by atoms with Crippen molar-refractivity contribution in [3.63, 3.8) is 0 Å². The van der Waals surface area contributed by atoms with Crippen molar-refractivity contribution in [2.75, 3.05) is 4.31 Å². The van der Waals surface area contributed by atoms with Gasteiger partial charge in [-0.1, -0.05) is 71.8 Å². The molecule has 30 heavy (non-hydrogen) atoms. The van der Waals surface area contributed by atoms with Gasteiger partial charge in [0, 0.05) is 16.5 Å². The molecule has 1 aliphatic heterocycles. The number of hydrogen-bond acceptors (Lipinski definition) is 3. The minimum absolute atomic E-state index is 0.120. The summed E-state index contributed by atoms with van der Waals surface area (Å²) in [7, 11) is -4.02. The maximum Gasteiger partial charge on any atom is 0.265 e. The molecule has 0 fully saturated rings. The van der Waals surface area contributed by atoms with Gasteiger partial charge in [-0.25, -0.2) is 8.42 Å². The summed E-state index contributed by atoms with van der Waals surface area (Å²) in [6, 6.07) is 19.4.